The summed E-state index contributed by atoms with van der Waals surface area (Å²) in [5, 5.41) is 10.7. The van der Waals surface area contributed by atoms with Crippen LogP contribution in [0.4, 0.5) is 0 Å². The molecule has 2 aromatic rings. The van der Waals surface area contributed by atoms with E-state index in [2.05, 4.69) is 4.74 Å². The maximum Gasteiger partial charge on any atom is 0.160 e. The smallest absolute Gasteiger partial charge is 0.160 e. The van der Waals surface area contributed by atoms with Gasteiger partial charge in [0.15, 0.2) is 11.5 Å². The Morgan fingerprint density at radius 1 is 1.20 bits per heavy atom. The molecule has 136 valence electrons. The van der Waals surface area contributed by atoms with Crippen molar-refractivity contribution in [1.82, 2.24) is 0 Å². The van der Waals surface area contributed by atoms with Crippen molar-refractivity contribution in [2.75, 3.05) is 20.7 Å². The van der Waals surface area contributed by atoms with Gasteiger partial charge >= 0.3 is 0 Å². The molecule has 0 saturated heterocycles. The average Bonchev–Trinajstić information content (AvgIpc) is 2.85. The number of aliphatic hydroxyl groups excluding tert-OH is 1. The van der Waals surface area contributed by atoms with Crippen LogP contribution >= 0.6 is 0 Å². The highest BCUT2D eigenvalue weighted by molar-refractivity contribution is 5.42. The van der Waals surface area contributed by atoms with Crippen LogP contribution in [0.15, 0.2) is 42.3 Å². The molecule has 0 spiro atoms. The zero-order valence-corrected chi connectivity index (χ0v) is 13.5. The number of benzene rings is 2. The molecule has 1 N–H and O–H groups in total. The highest BCUT2D eigenvalue weighted by Crippen LogP contribution is 2.28. The molecule has 0 aliphatic rings. The van der Waals surface area contributed by atoms with Gasteiger partial charge in [-0.15, -0.1) is 0 Å². The predicted molar refractivity (Wildman–Crippen MR) is 99.8 cm³/mol. The summed E-state index contributed by atoms with van der Waals surface area (Å²) in [6, 6.07) is -6.18. The summed E-state index contributed by atoms with van der Waals surface area (Å²) < 4.78 is 159. The largest absolute Gasteiger partial charge is 0.493 e. The number of hydrogen-bond acceptors (Lipinski definition) is 4. The number of aliphatic hydroxyl groups is 1. The van der Waals surface area contributed by atoms with Crippen LogP contribution in [0.25, 0.3) is 0 Å². The lowest BCUT2D eigenvalue weighted by atomic mass is 10.0. The van der Waals surface area contributed by atoms with Crippen molar-refractivity contribution in [2.45, 2.75) is 38.6 Å². The van der Waals surface area contributed by atoms with Crippen LogP contribution in [0.2, 0.25) is 0 Å². The Bertz CT molecular complexity index is 1360. The van der Waals surface area contributed by atoms with E-state index in [1.807, 2.05) is 0 Å². The first-order valence-corrected chi connectivity index (χ1v) is 6.97. The molecule has 4 nitrogen and oxygen atoms in total. The second-order valence-corrected chi connectivity index (χ2v) is 4.47. The Hall–Kier alpha value is -2.20. The molecule has 0 saturated carbocycles. The first-order chi connectivity index (χ1) is 19.2. The van der Waals surface area contributed by atoms with Crippen molar-refractivity contribution in [3.63, 3.8) is 0 Å². The lowest BCUT2D eigenvalue weighted by molar-refractivity contribution is 0.0976. The topological polar surface area (TPSA) is 47.9 Å². The van der Waals surface area contributed by atoms with E-state index in [4.69, 9.17) is 34.1 Å². The number of rotatable bonds is 10. The zero-order valence-electron chi connectivity index (χ0n) is 31.5. The van der Waals surface area contributed by atoms with Gasteiger partial charge in [0.25, 0.3) is 0 Å². The molecule has 25 heavy (non-hydrogen) atoms. The second-order valence-electron chi connectivity index (χ2n) is 4.47. The Kier molecular flexibility index (Phi) is 2.47. The number of hydrogen-bond donors (Lipinski definition) is 1. The van der Waals surface area contributed by atoms with Gasteiger partial charge in [0.2, 0.25) is 0 Å². The minimum absolute atomic E-state index is 0.175. The van der Waals surface area contributed by atoms with Gasteiger partial charge in [-0.1, -0.05) is 24.5 Å². The zero-order chi connectivity index (χ0) is 33.8. The quantitative estimate of drug-likeness (QED) is 0.689. The molecule has 0 aliphatic heterocycles. The van der Waals surface area contributed by atoms with Gasteiger partial charge in [0.1, 0.15) is 12.3 Å². The first kappa shape index (κ1) is 6.20. The third-order valence-electron chi connectivity index (χ3n) is 2.65. The van der Waals surface area contributed by atoms with E-state index in [0.29, 0.717) is 0 Å². The molecular weight excluding hydrogens is 316 g/mol. The van der Waals surface area contributed by atoms with Crippen molar-refractivity contribution >= 4 is 0 Å². The SMILES string of the molecule is [2H]c1c([2H])c(C)c([2H])c(OC([2H])([2H])C(O)C([2H])([2H])CC([2H])([2H])C([2H])([2H])c2c([2H])c([2H])c(OC([2H])([2H])[2H])c(OC)c2[2H])c1[2H]. The van der Waals surface area contributed by atoms with Gasteiger partial charge in [0.05, 0.1) is 36.7 Å². The van der Waals surface area contributed by atoms with Gasteiger partial charge in [-0.2, -0.15) is 0 Å². The van der Waals surface area contributed by atoms with E-state index in [-0.39, 0.29) is 5.56 Å². The maximum atomic E-state index is 10.7. The van der Waals surface area contributed by atoms with Crippen LogP contribution < -0.4 is 14.2 Å². The van der Waals surface area contributed by atoms with Crippen LogP contribution in [-0.4, -0.2) is 31.9 Å². The molecule has 1 unspecified atom stereocenters. The molecule has 4 heteroatoms. The monoisotopic (exact) mass is 362 g/mol. The summed E-state index contributed by atoms with van der Waals surface area (Å²) >= 11 is 0. The molecule has 0 fully saturated rings. The van der Waals surface area contributed by atoms with E-state index in [1.54, 1.807) is 0 Å². The molecule has 2 aromatic carbocycles. The third kappa shape index (κ3) is 6.31. The van der Waals surface area contributed by atoms with Crippen molar-refractivity contribution in [2.24, 2.45) is 0 Å². The number of methoxy groups -OCH3 is 2. The van der Waals surface area contributed by atoms with Gasteiger partial charge < -0.3 is 19.3 Å². The van der Waals surface area contributed by atoms with Crippen molar-refractivity contribution in [3.8, 4) is 17.2 Å². The molecule has 0 amide bonds. The van der Waals surface area contributed by atoms with E-state index in [0.717, 1.165) is 7.11 Å². The first-order valence-electron chi connectivity index (χ1n) is 16.0. The van der Waals surface area contributed by atoms with Crippen molar-refractivity contribution < 1.29 is 44.0 Å². The Labute approximate surface area is 175 Å². The normalized spacial score (nSPS) is 25.1. The summed E-state index contributed by atoms with van der Waals surface area (Å²) in [6.45, 7) is -2.29. The van der Waals surface area contributed by atoms with Gasteiger partial charge in [-0.05, 0) is 61.3 Å². The minimum atomic E-state index is -3.52. The van der Waals surface area contributed by atoms with Gasteiger partial charge in [0, 0.05) is 8.22 Å². The molecular formula is C21H28O4. The fraction of sp³-hybridized carbons (Fsp3) is 0.429. The lowest BCUT2D eigenvalue weighted by Gasteiger charge is -2.13. The fourth-order valence-electron chi connectivity index (χ4n) is 1.56. The Morgan fingerprint density at radius 2 is 2.08 bits per heavy atom. The van der Waals surface area contributed by atoms with Crippen molar-refractivity contribution in [3.05, 3.63) is 53.4 Å². The summed E-state index contributed by atoms with van der Waals surface area (Å²) in [6.07, 6.45) is -14.9. The van der Waals surface area contributed by atoms with E-state index in [9.17, 15) is 5.11 Å². The standard InChI is InChI=1S/C21H28O4/c1-16-7-6-10-19(13-16)25-15-18(22)9-5-4-8-17-11-12-20(23-2)21(14-17)24-3/h6-7,10-14,18,22H,4-5,8-9,15H2,1-3H3/i2D3,4D2,6D,7D,8D2,9D2,10D,11D,12D,13D,14D,15D2. The Balaban J connectivity index is 2.56. The molecule has 0 aliphatic carbocycles. The lowest BCUT2D eigenvalue weighted by Crippen LogP contribution is -2.17. The predicted octanol–water partition coefficient (Wildman–Crippen LogP) is 4.16. The summed E-state index contributed by atoms with van der Waals surface area (Å²) in [4.78, 5) is 0. The third-order valence-corrected chi connectivity index (χ3v) is 2.65. The number of ether oxygens (including phenoxy) is 3. The van der Waals surface area contributed by atoms with Crippen LogP contribution in [0.5, 0.6) is 17.2 Å². The summed E-state index contributed by atoms with van der Waals surface area (Å²) in [5.74, 6) is -2.63. The fourth-order valence-corrected chi connectivity index (χ4v) is 1.56. The molecule has 1 atom stereocenters. The van der Waals surface area contributed by atoms with Gasteiger partial charge in [-0.3, -0.25) is 0 Å². The van der Waals surface area contributed by atoms with E-state index >= 15 is 0 Å². The highest BCUT2D eigenvalue weighted by Gasteiger charge is 2.07. The molecule has 0 aromatic heterocycles. The van der Waals surface area contributed by atoms with Gasteiger partial charge in [-0.25, -0.2) is 0 Å². The Morgan fingerprint density at radius 3 is 2.88 bits per heavy atom. The molecule has 2 rings (SSSR count). The van der Waals surface area contributed by atoms with E-state index < -0.39 is 110 Å². The van der Waals surface area contributed by atoms with Crippen LogP contribution in [0.3, 0.4) is 0 Å². The second kappa shape index (κ2) is 9.94. The van der Waals surface area contributed by atoms with E-state index in [1.165, 1.54) is 6.92 Å². The minimum Gasteiger partial charge on any atom is -0.493 e. The summed E-state index contributed by atoms with van der Waals surface area (Å²) in [7, 11) is -2.25. The molecule has 0 heterocycles. The average molecular weight is 363 g/mol. The van der Waals surface area contributed by atoms with Crippen LogP contribution in [-0.2, 0) is 6.37 Å². The molecule has 0 radical (unpaired) electrons. The van der Waals surface area contributed by atoms with Crippen molar-refractivity contribution in [1.29, 1.82) is 0 Å². The van der Waals surface area contributed by atoms with Crippen LogP contribution in [0, 0.1) is 6.92 Å². The van der Waals surface area contributed by atoms with Crippen LogP contribution in [0.1, 0.15) is 55.0 Å². The maximum absolute atomic E-state index is 10.7. The highest BCUT2D eigenvalue weighted by atomic mass is 16.5. The summed E-state index contributed by atoms with van der Waals surface area (Å²) in [5.41, 5.74) is -1.32. The molecule has 0 bridgehead atoms.